The van der Waals surface area contributed by atoms with Crippen LogP contribution < -0.4 is 10.4 Å². The maximum atomic E-state index is 9.42. The molecule has 5 nitrogen and oxygen atoms in total. The molecule has 0 aliphatic heterocycles. The zero-order chi connectivity index (χ0) is 10.8. The van der Waals surface area contributed by atoms with Crippen LogP contribution in [0.5, 0.6) is 0 Å². The van der Waals surface area contributed by atoms with Gasteiger partial charge in [0.1, 0.15) is 20.0 Å². The highest BCUT2D eigenvalue weighted by atomic mass is 28.3. The van der Waals surface area contributed by atoms with Crippen molar-refractivity contribution in [3.8, 4) is 0 Å². The van der Waals surface area contributed by atoms with Crippen LogP contribution >= 0.6 is 0 Å². The molecular formula is C7H16N4OSi2. The first-order valence-corrected chi connectivity index (χ1v) is 10.3. The van der Waals surface area contributed by atoms with Gasteiger partial charge in [0, 0.05) is 0 Å². The summed E-state index contributed by atoms with van der Waals surface area (Å²) in [7, 11) is -3.34. The summed E-state index contributed by atoms with van der Waals surface area (Å²) >= 11 is 0. The van der Waals surface area contributed by atoms with Gasteiger partial charge < -0.3 is 9.78 Å². The van der Waals surface area contributed by atoms with Crippen LogP contribution in [-0.4, -0.2) is 37.0 Å². The van der Waals surface area contributed by atoms with Crippen LogP contribution in [-0.2, 0) is 0 Å². The first-order chi connectivity index (χ1) is 6.38. The highest BCUT2D eigenvalue weighted by Crippen LogP contribution is 2.03. The molecule has 0 aromatic carbocycles. The van der Waals surface area contributed by atoms with Crippen LogP contribution in [0.2, 0.25) is 26.2 Å². The summed E-state index contributed by atoms with van der Waals surface area (Å²) in [5, 5.41) is 0. The largest absolute Gasteiger partial charge is 0.427 e. The van der Waals surface area contributed by atoms with Gasteiger partial charge in [-0.3, -0.25) is 0 Å². The average Bonchev–Trinajstić information content (AvgIpc) is 2.01. The fourth-order valence-corrected chi connectivity index (χ4v) is 2.29. The molecule has 7 heteroatoms. The van der Waals surface area contributed by atoms with E-state index in [2.05, 4.69) is 39.6 Å². The second-order valence-electron chi connectivity index (χ2n) is 4.22. The fourth-order valence-electron chi connectivity index (χ4n) is 0.906. The van der Waals surface area contributed by atoms with E-state index in [0.29, 0.717) is 11.4 Å². The first-order valence-electron chi connectivity index (χ1n) is 4.54. The van der Waals surface area contributed by atoms with E-state index in [1.54, 1.807) is 6.55 Å². The summed E-state index contributed by atoms with van der Waals surface area (Å²) in [5.41, 5.74) is 0.542. The predicted molar refractivity (Wildman–Crippen MR) is 61.7 cm³/mol. The normalized spacial score (nSPS) is 13.8. The molecule has 0 aliphatic rings. The molecule has 1 rings (SSSR count). The van der Waals surface area contributed by atoms with Gasteiger partial charge in [-0.25, -0.2) is 15.0 Å². The van der Waals surface area contributed by atoms with Crippen molar-refractivity contribution in [3.05, 3.63) is 6.33 Å². The van der Waals surface area contributed by atoms with E-state index in [-0.39, 0.29) is 0 Å². The number of aromatic nitrogens is 3. The van der Waals surface area contributed by atoms with E-state index in [9.17, 15) is 4.80 Å². The number of nitrogens with zero attached hydrogens (tertiary/aromatic N) is 3. The van der Waals surface area contributed by atoms with Crippen LogP contribution in [0.4, 0.5) is 5.95 Å². The number of hydrogen-bond donors (Lipinski definition) is 2. The van der Waals surface area contributed by atoms with Crippen molar-refractivity contribution in [2.45, 2.75) is 26.2 Å². The van der Waals surface area contributed by atoms with E-state index >= 15 is 0 Å². The Balaban J connectivity index is 2.84. The van der Waals surface area contributed by atoms with Gasteiger partial charge in [0.15, 0.2) is 0 Å². The topological polar surface area (TPSA) is 70.9 Å². The Morgan fingerprint density at radius 2 is 2.00 bits per heavy atom. The van der Waals surface area contributed by atoms with Crippen LogP contribution in [0.1, 0.15) is 0 Å². The Morgan fingerprint density at radius 3 is 2.50 bits per heavy atom. The lowest BCUT2D eigenvalue weighted by Gasteiger charge is -2.17. The lowest BCUT2D eigenvalue weighted by Crippen LogP contribution is -2.37. The van der Waals surface area contributed by atoms with Gasteiger partial charge in [0.05, 0.1) is 0 Å². The van der Waals surface area contributed by atoms with Crippen LogP contribution in [0.3, 0.4) is 0 Å². The number of hydrogen-bond acceptors (Lipinski definition) is 5. The number of nitrogens with one attached hydrogen (secondary N) is 1. The Morgan fingerprint density at radius 1 is 1.36 bits per heavy atom. The number of anilines is 1. The lowest BCUT2D eigenvalue weighted by atomic mass is 11.0. The fraction of sp³-hybridized carbons (Fsp3) is 0.571. The molecule has 1 atom stereocenters. The molecule has 78 valence electrons. The van der Waals surface area contributed by atoms with E-state index in [1.807, 2.05) is 0 Å². The molecule has 0 fully saturated rings. The molecular weight excluding hydrogens is 212 g/mol. The number of rotatable bonds is 3. The second kappa shape index (κ2) is 4.15. The molecule has 0 spiro atoms. The standard InChI is InChI=1S/C7H16N4OSi2/c1-13(12)7-9-5-8-6(10-7)11-14(2,3)4/h5,12-13H,1-4H3,(H,8,9,10,11). The molecule has 0 radical (unpaired) electrons. The summed E-state index contributed by atoms with van der Waals surface area (Å²) in [6.45, 7) is 8.26. The first kappa shape index (κ1) is 11.3. The summed E-state index contributed by atoms with van der Waals surface area (Å²) in [6, 6.07) is 0. The van der Waals surface area contributed by atoms with Crippen molar-refractivity contribution >= 4 is 28.7 Å². The van der Waals surface area contributed by atoms with Crippen molar-refractivity contribution in [1.29, 1.82) is 0 Å². The molecule has 1 heterocycles. The molecule has 14 heavy (non-hydrogen) atoms. The third kappa shape index (κ3) is 3.52. The molecule has 1 aromatic heterocycles. The third-order valence-corrected chi connectivity index (χ3v) is 3.45. The monoisotopic (exact) mass is 228 g/mol. The van der Waals surface area contributed by atoms with Gasteiger partial charge in [-0.1, -0.05) is 19.6 Å². The van der Waals surface area contributed by atoms with Gasteiger partial charge >= 0.3 is 0 Å². The third-order valence-electron chi connectivity index (χ3n) is 1.45. The molecule has 0 bridgehead atoms. The van der Waals surface area contributed by atoms with Gasteiger partial charge in [0.25, 0.3) is 0 Å². The summed E-state index contributed by atoms with van der Waals surface area (Å²) in [4.78, 5) is 24.8. The van der Waals surface area contributed by atoms with Crippen molar-refractivity contribution in [2.24, 2.45) is 0 Å². The maximum Gasteiger partial charge on any atom is 0.244 e. The van der Waals surface area contributed by atoms with E-state index in [1.165, 1.54) is 6.33 Å². The zero-order valence-corrected chi connectivity index (χ0v) is 11.1. The van der Waals surface area contributed by atoms with E-state index in [4.69, 9.17) is 0 Å². The van der Waals surface area contributed by atoms with Crippen molar-refractivity contribution in [1.82, 2.24) is 15.0 Å². The smallest absolute Gasteiger partial charge is 0.244 e. The minimum absolute atomic E-state index is 0.542. The summed E-state index contributed by atoms with van der Waals surface area (Å²) in [6.07, 6.45) is 1.45. The highest BCUT2D eigenvalue weighted by Gasteiger charge is 2.16. The average molecular weight is 228 g/mol. The SMILES string of the molecule is C[SiH](O)c1ncnc(N[Si](C)(C)C)n1. The van der Waals surface area contributed by atoms with Gasteiger partial charge in [-0.05, 0) is 6.55 Å². The summed E-state index contributed by atoms with van der Waals surface area (Å²) in [5.74, 6) is 0.586. The van der Waals surface area contributed by atoms with Crippen molar-refractivity contribution < 1.29 is 4.80 Å². The van der Waals surface area contributed by atoms with Crippen molar-refractivity contribution in [3.63, 3.8) is 0 Å². The molecule has 0 aliphatic carbocycles. The molecule has 2 N–H and O–H groups in total. The Bertz CT molecular complexity index is 313. The summed E-state index contributed by atoms with van der Waals surface area (Å²) < 4.78 is 0. The Hall–Kier alpha value is -0.796. The van der Waals surface area contributed by atoms with Crippen LogP contribution in [0.25, 0.3) is 0 Å². The second-order valence-corrected chi connectivity index (χ2v) is 10.8. The maximum absolute atomic E-state index is 9.42. The van der Waals surface area contributed by atoms with Gasteiger partial charge in [0.2, 0.25) is 15.0 Å². The zero-order valence-electron chi connectivity index (χ0n) is 8.94. The molecule has 1 aromatic rings. The van der Waals surface area contributed by atoms with Gasteiger partial charge in [-0.2, -0.15) is 0 Å². The predicted octanol–water partition coefficient (Wildman–Crippen LogP) is -0.329. The van der Waals surface area contributed by atoms with Gasteiger partial charge in [-0.15, -0.1) is 0 Å². The van der Waals surface area contributed by atoms with E-state index < -0.39 is 17.3 Å². The van der Waals surface area contributed by atoms with Crippen LogP contribution in [0.15, 0.2) is 6.33 Å². The Labute approximate surface area is 86.5 Å². The van der Waals surface area contributed by atoms with E-state index in [0.717, 1.165) is 0 Å². The lowest BCUT2D eigenvalue weighted by molar-refractivity contribution is 0.590. The van der Waals surface area contributed by atoms with Crippen molar-refractivity contribution in [2.75, 3.05) is 4.98 Å². The molecule has 0 saturated heterocycles. The Kier molecular flexibility index (Phi) is 3.35. The quantitative estimate of drug-likeness (QED) is 0.693. The minimum Gasteiger partial charge on any atom is -0.427 e. The molecule has 1 unspecified atom stereocenters. The van der Waals surface area contributed by atoms with Crippen LogP contribution in [0, 0.1) is 0 Å². The minimum atomic E-state index is -1.91. The molecule has 0 amide bonds. The molecule has 0 saturated carbocycles. The highest BCUT2D eigenvalue weighted by molar-refractivity contribution is 6.79.